The van der Waals surface area contributed by atoms with Crippen molar-refractivity contribution in [1.29, 1.82) is 0 Å². The second kappa shape index (κ2) is 4.45. The van der Waals surface area contributed by atoms with E-state index in [0.29, 0.717) is 6.04 Å². The van der Waals surface area contributed by atoms with Crippen molar-refractivity contribution in [1.82, 2.24) is 4.57 Å². The number of carbonyl (C=O) groups excluding carboxylic acids is 1. The molecule has 1 aromatic heterocycles. The van der Waals surface area contributed by atoms with Crippen molar-refractivity contribution in [3.8, 4) is 0 Å². The normalized spacial score (nSPS) is 11.7. The maximum Gasteiger partial charge on any atom is 0.241 e. The van der Waals surface area contributed by atoms with Gasteiger partial charge in [-0.05, 0) is 26.0 Å². The average Bonchev–Trinajstić information content (AvgIpc) is 2.65. The summed E-state index contributed by atoms with van der Waals surface area (Å²) < 4.78 is 2.19. The number of amides is 1. The highest BCUT2D eigenvalue weighted by molar-refractivity contribution is 5.95. The van der Waals surface area contributed by atoms with Crippen LogP contribution in [0.5, 0.6) is 0 Å². The Bertz CT molecular complexity index is 579. The molecule has 1 aromatic carbocycles. The molecule has 0 fully saturated rings. The molecule has 1 heterocycles. The molecule has 0 aliphatic heterocycles. The number of primary amides is 1. The first-order valence-corrected chi connectivity index (χ1v) is 5.66. The molecule has 0 saturated heterocycles. The van der Waals surface area contributed by atoms with E-state index in [-0.39, 0.29) is 0 Å². The van der Waals surface area contributed by atoms with Crippen molar-refractivity contribution in [2.45, 2.75) is 19.9 Å². The Morgan fingerprint density at radius 1 is 1.35 bits per heavy atom. The molecule has 0 bridgehead atoms. The monoisotopic (exact) mass is 228 g/mol. The van der Waals surface area contributed by atoms with Gasteiger partial charge in [0.1, 0.15) is 0 Å². The van der Waals surface area contributed by atoms with Crippen LogP contribution in [-0.4, -0.2) is 10.5 Å². The van der Waals surface area contributed by atoms with E-state index in [9.17, 15) is 4.79 Å². The molecule has 2 rings (SSSR count). The van der Waals surface area contributed by atoms with Gasteiger partial charge in [0.25, 0.3) is 0 Å². The van der Waals surface area contributed by atoms with Crippen LogP contribution in [0.1, 0.15) is 25.5 Å². The smallest absolute Gasteiger partial charge is 0.241 e. The summed E-state index contributed by atoms with van der Waals surface area (Å²) in [5, 5.41) is 1.14. The number of hydrogen-bond acceptors (Lipinski definition) is 1. The molecule has 2 N–H and O–H groups in total. The first-order valence-electron chi connectivity index (χ1n) is 5.66. The molecule has 0 saturated carbocycles. The zero-order valence-corrected chi connectivity index (χ0v) is 10.1. The molecule has 0 aliphatic rings. The zero-order valence-electron chi connectivity index (χ0n) is 10.1. The van der Waals surface area contributed by atoms with Gasteiger partial charge in [-0.1, -0.05) is 18.2 Å². The molecule has 0 spiro atoms. The Balaban J connectivity index is 2.60. The van der Waals surface area contributed by atoms with E-state index >= 15 is 0 Å². The minimum Gasteiger partial charge on any atom is -0.366 e. The van der Waals surface area contributed by atoms with Crippen LogP contribution in [0.3, 0.4) is 0 Å². The maximum atomic E-state index is 10.8. The fourth-order valence-electron chi connectivity index (χ4n) is 1.96. The van der Waals surface area contributed by atoms with Gasteiger partial charge in [0.15, 0.2) is 0 Å². The van der Waals surface area contributed by atoms with Crippen LogP contribution in [-0.2, 0) is 4.79 Å². The highest BCUT2D eigenvalue weighted by atomic mass is 16.1. The maximum absolute atomic E-state index is 10.8. The number of hydrogen-bond donors (Lipinski definition) is 1. The summed E-state index contributed by atoms with van der Waals surface area (Å²) in [5.74, 6) is -0.425. The lowest BCUT2D eigenvalue weighted by Crippen LogP contribution is -2.05. The van der Waals surface area contributed by atoms with Gasteiger partial charge in [-0.2, -0.15) is 0 Å². The number of carbonyl (C=O) groups is 1. The molecular formula is C14H16N2O. The van der Waals surface area contributed by atoms with E-state index in [0.717, 1.165) is 10.9 Å². The summed E-state index contributed by atoms with van der Waals surface area (Å²) in [4.78, 5) is 10.8. The molecule has 0 atom stereocenters. The highest BCUT2D eigenvalue weighted by Gasteiger charge is 2.07. The highest BCUT2D eigenvalue weighted by Crippen LogP contribution is 2.25. The SMILES string of the molecule is CC(C)n1cc(/C=C\C(N)=O)c2ccccc21. The zero-order chi connectivity index (χ0) is 12.4. The molecule has 1 amide bonds. The molecule has 3 nitrogen and oxygen atoms in total. The Kier molecular flexibility index (Phi) is 3.00. The summed E-state index contributed by atoms with van der Waals surface area (Å²) in [7, 11) is 0. The van der Waals surface area contributed by atoms with E-state index in [4.69, 9.17) is 5.73 Å². The van der Waals surface area contributed by atoms with Gasteiger partial charge in [-0.3, -0.25) is 4.79 Å². The summed E-state index contributed by atoms with van der Waals surface area (Å²) in [5.41, 5.74) is 7.31. The van der Waals surface area contributed by atoms with Gasteiger partial charge in [-0.15, -0.1) is 0 Å². The number of fused-ring (bicyclic) bond motifs is 1. The molecule has 2 aromatic rings. The molecule has 88 valence electrons. The third-order valence-corrected chi connectivity index (χ3v) is 2.75. The first-order chi connectivity index (χ1) is 8.09. The van der Waals surface area contributed by atoms with Crippen LogP contribution in [0.4, 0.5) is 0 Å². The van der Waals surface area contributed by atoms with Gasteiger partial charge in [0.2, 0.25) is 5.91 Å². The van der Waals surface area contributed by atoms with Crippen LogP contribution in [0.25, 0.3) is 17.0 Å². The molecular weight excluding hydrogens is 212 g/mol. The Morgan fingerprint density at radius 3 is 2.71 bits per heavy atom. The van der Waals surface area contributed by atoms with E-state index < -0.39 is 5.91 Å². The van der Waals surface area contributed by atoms with Crippen molar-refractivity contribution in [2.75, 3.05) is 0 Å². The molecule has 0 radical (unpaired) electrons. The Labute approximate surface area is 101 Å². The lowest BCUT2D eigenvalue weighted by atomic mass is 10.1. The molecule has 0 aliphatic carbocycles. The van der Waals surface area contributed by atoms with E-state index in [2.05, 4.69) is 36.7 Å². The summed E-state index contributed by atoms with van der Waals surface area (Å²) >= 11 is 0. The van der Waals surface area contributed by atoms with Crippen molar-refractivity contribution in [2.24, 2.45) is 5.73 Å². The van der Waals surface area contributed by atoms with Crippen LogP contribution in [0.2, 0.25) is 0 Å². The first kappa shape index (κ1) is 11.5. The predicted molar refractivity (Wildman–Crippen MR) is 70.6 cm³/mol. The van der Waals surface area contributed by atoms with E-state index in [1.54, 1.807) is 6.08 Å². The van der Waals surface area contributed by atoms with Gasteiger partial charge < -0.3 is 10.3 Å². The standard InChI is InChI=1S/C14H16N2O/c1-10(2)16-9-11(7-8-14(15)17)12-5-3-4-6-13(12)16/h3-10H,1-2H3,(H2,15,17)/b8-7-. The van der Waals surface area contributed by atoms with Crippen molar-refractivity contribution in [3.63, 3.8) is 0 Å². The van der Waals surface area contributed by atoms with Crippen LogP contribution in [0, 0.1) is 0 Å². The second-order valence-corrected chi connectivity index (χ2v) is 4.34. The van der Waals surface area contributed by atoms with Gasteiger partial charge >= 0.3 is 0 Å². The number of aromatic nitrogens is 1. The lowest BCUT2D eigenvalue weighted by molar-refractivity contribution is -0.113. The molecule has 3 heteroatoms. The summed E-state index contributed by atoms with van der Waals surface area (Å²) in [6, 6.07) is 8.53. The van der Waals surface area contributed by atoms with Crippen molar-refractivity contribution < 1.29 is 4.79 Å². The summed E-state index contributed by atoms with van der Waals surface area (Å²) in [6.07, 6.45) is 5.21. The summed E-state index contributed by atoms with van der Waals surface area (Å²) in [6.45, 7) is 4.27. The molecule has 0 unspecified atom stereocenters. The predicted octanol–water partition coefficient (Wildman–Crippen LogP) is 2.72. The van der Waals surface area contributed by atoms with Crippen molar-refractivity contribution in [3.05, 3.63) is 42.1 Å². The van der Waals surface area contributed by atoms with E-state index in [1.165, 1.54) is 11.6 Å². The Hall–Kier alpha value is -2.03. The number of benzene rings is 1. The lowest BCUT2D eigenvalue weighted by Gasteiger charge is -2.08. The third-order valence-electron chi connectivity index (χ3n) is 2.75. The number of nitrogens with two attached hydrogens (primary N) is 1. The van der Waals surface area contributed by atoms with Crippen LogP contribution in [0.15, 0.2) is 36.5 Å². The second-order valence-electron chi connectivity index (χ2n) is 4.34. The van der Waals surface area contributed by atoms with Gasteiger partial charge in [0.05, 0.1) is 0 Å². The largest absolute Gasteiger partial charge is 0.366 e. The van der Waals surface area contributed by atoms with Crippen LogP contribution < -0.4 is 5.73 Å². The fraction of sp³-hybridized carbons (Fsp3) is 0.214. The van der Waals surface area contributed by atoms with E-state index in [1.807, 2.05) is 12.1 Å². The third kappa shape index (κ3) is 2.23. The fourth-order valence-corrected chi connectivity index (χ4v) is 1.96. The minimum absolute atomic E-state index is 0.385. The van der Waals surface area contributed by atoms with Gasteiger partial charge in [0, 0.05) is 34.8 Å². The number of nitrogens with zero attached hydrogens (tertiary/aromatic N) is 1. The average molecular weight is 228 g/mol. The molecule has 17 heavy (non-hydrogen) atoms. The minimum atomic E-state index is -0.425. The Morgan fingerprint density at radius 2 is 2.06 bits per heavy atom. The topological polar surface area (TPSA) is 48.0 Å². The quantitative estimate of drug-likeness (QED) is 0.807. The van der Waals surface area contributed by atoms with Crippen molar-refractivity contribution >= 4 is 22.9 Å². The number of rotatable bonds is 3. The van der Waals surface area contributed by atoms with Gasteiger partial charge in [-0.25, -0.2) is 0 Å². The van der Waals surface area contributed by atoms with Crippen LogP contribution >= 0.6 is 0 Å². The number of para-hydroxylation sites is 1.